The van der Waals surface area contributed by atoms with E-state index in [0.29, 0.717) is 6.42 Å². The molecule has 9 nitrogen and oxygen atoms in total. The molecule has 0 heterocycles. The van der Waals surface area contributed by atoms with Gasteiger partial charge >= 0.3 is 19.8 Å². The first-order valence-corrected chi connectivity index (χ1v) is 43.5. The van der Waals surface area contributed by atoms with Gasteiger partial charge in [0.25, 0.3) is 0 Å². The molecule has 0 spiro atoms. The maximum atomic E-state index is 12.8. The summed E-state index contributed by atoms with van der Waals surface area (Å²) in [6.45, 7) is 3.57. The molecule has 0 saturated carbocycles. The van der Waals surface area contributed by atoms with Crippen LogP contribution in [0.3, 0.4) is 0 Å². The number of phosphoric ester groups is 1. The van der Waals surface area contributed by atoms with Gasteiger partial charge in [-0.2, -0.15) is 0 Å². The lowest BCUT2D eigenvalue weighted by molar-refractivity contribution is -0.161. The average Bonchev–Trinajstić information content (AvgIpc) is 1.64. The maximum absolute atomic E-state index is 12.8. The summed E-state index contributed by atoms with van der Waals surface area (Å²) in [4.78, 5) is 35.5. The minimum atomic E-state index is -4.40. The number of phosphoric acid groups is 1. The van der Waals surface area contributed by atoms with Crippen LogP contribution in [0.2, 0.25) is 0 Å². The Morgan fingerprint density at radius 1 is 0.303 bits per heavy atom. The van der Waals surface area contributed by atoms with Crippen LogP contribution in [-0.4, -0.2) is 49.3 Å². The van der Waals surface area contributed by atoms with Gasteiger partial charge in [-0.15, -0.1) is 0 Å². The van der Waals surface area contributed by atoms with Crippen LogP contribution < -0.4 is 5.73 Å². The molecule has 0 aliphatic rings. The number of ether oxygens (including phenoxy) is 2. The third-order valence-electron chi connectivity index (χ3n) is 18.3. The van der Waals surface area contributed by atoms with Crippen molar-refractivity contribution in [2.45, 2.75) is 405 Å². The largest absolute Gasteiger partial charge is 0.472 e. The molecule has 0 aliphatic heterocycles. The summed E-state index contributed by atoms with van der Waals surface area (Å²) < 4.78 is 33.3. The van der Waals surface area contributed by atoms with E-state index in [-0.39, 0.29) is 38.6 Å². The van der Waals surface area contributed by atoms with Crippen molar-refractivity contribution in [1.29, 1.82) is 0 Å². The van der Waals surface area contributed by atoms with E-state index in [1.54, 1.807) is 0 Å². The molecule has 10 heteroatoms. The van der Waals surface area contributed by atoms with Crippen LogP contribution in [0.4, 0.5) is 0 Å². The molecule has 0 saturated heterocycles. The summed E-state index contributed by atoms with van der Waals surface area (Å²) in [5, 5.41) is 0. The van der Waals surface area contributed by atoms with Crippen LogP contribution >= 0.6 is 7.82 Å². The lowest BCUT2D eigenvalue weighted by Gasteiger charge is -2.19. The van der Waals surface area contributed by atoms with Crippen molar-refractivity contribution in [2.24, 2.45) is 5.73 Å². The summed E-state index contributed by atoms with van der Waals surface area (Å²) >= 11 is 0. The first kappa shape index (κ1) is 95.4. The molecule has 0 aromatic heterocycles. The van der Waals surface area contributed by atoms with Crippen molar-refractivity contribution in [3.05, 3.63) is 122 Å². The van der Waals surface area contributed by atoms with E-state index in [1.807, 2.05) is 0 Å². The fourth-order valence-corrected chi connectivity index (χ4v) is 13.0. The second-order valence-corrected chi connectivity index (χ2v) is 29.4. The van der Waals surface area contributed by atoms with Gasteiger partial charge in [0.15, 0.2) is 6.10 Å². The number of carbonyl (C=O) groups excluding carboxylic acids is 2. The normalized spacial score (nSPS) is 13.5. The Balaban J connectivity index is 3.75. The standard InChI is InChI=1S/C89H158NO8P/c1-3-5-7-9-11-13-15-17-19-21-23-25-27-29-31-33-35-37-39-41-42-43-44-46-47-49-51-53-55-57-59-61-63-65-67-69-71-73-75-77-79-81-88(91)95-85-87(86-97-99(93,94)96-84-83-90)98-89(92)82-80-78-76-74-72-70-68-66-64-62-60-58-56-54-52-50-48-45-40-38-36-34-32-30-28-26-24-22-20-18-16-14-12-10-8-6-4-2/h5-8,11-14,17-20,23-26,30,32,36,38,87H,3-4,9-10,15-16,21-22,27-29,31,33-35,37,39-86,90H2,1-2H3,(H,93,94)/b7-5-,8-6-,13-11-,14-12-,19-17-,20-18-,25-23-,26-24-,32-30-,38-36-. The van der Waals surface area contributed by atoms with Gasteiger partial charge in [-0.05, 0) is 103 Å². The minimum Gasteiger partial charge on any atom is -0.462 e. The number of nitrogens with two attached hydrogens (primary N) is 1. The van der Waals surface area contributed by atoms with E-state index in [9.17, 15) is 19.0 Å². The van der Waals surface area contributed by atoms with E-state index >= 15 is 0 Å². The summed E-state index contributed by atoms with van der Waals surface area (Å²) in [5.74, 6) is -0.809. The zero-order valence-electron chi connectivity index (χ0n) is 64.7. The molecule has 0 aliphatic carbocycles. The van der Waals surface area contributed by atoms with E-state index in [4.69, 9.17) is 24.3 Å². The van der Waals surface area contributed by atoms with E-state index in [0.717, 1.165) is 103 Å². The summed E-state index contributed by atoms with van der Waals surface area (Å²) in [6, 6.07) is 0. The van der Waals surface area contributed by atoms with Gasteiger partial charge in [0.05, 0.1) is 13.2 Å². The van der Waals surface area contributed by atoms with Crippen LogP contribution in [0.1, 0.15) is 399 Å². The summed E-state index contributed by atoms with van der Waals surface area (Å²) in [6.07, 6.45) is 118. The van der Waals surface area contributed by atoms with Crippen molar-refractivity contribution in [3.8, 4) is 0 Å². The van der Waals surface area contributed by atoms with Crippen LogP contribution in [-0.2, 0) is 32.7 Å². The van der Waals surface area contributed by atoms with Gasteiger partial charge in [-0.3, -0.25) is 18.6 Å². The van der Waals surface area contributed by atoms with Gasteiger partial charge in [-0.25, -0.2) is 4.57 Å². The molecule has 0 fully saturated rings. The first-order chi connectivity index (χ1) is 48.8. The number of hydrogen-bond donors (Lipinski definition) is 2. The number of allylic oxidation sites excluding steroid dienone is 20. The lowest BCUT2D eigenvalue weighted by Crippen LogP contribution is -2.29. The van der Waals surface area contributed by atoms with Crippen LogP contribution in [0.5, 0.6) is 0 Å². The highest BCUT2D eigenvalue weighted by Gasteiger charge is 2.26. The zero-order valence-corrected chi connectivity index (χ0v) is 65.6. The average molecular weight is 1400 g/mol. The maximum Gasteiger partial charge on any atom is 0.472 e. The van der Waals surface area contributed by atoms with Crippen molar-refractivity contribution in [3.63, 3.8) is 0 Å². The van der Waals surface area contributed by atoms with Gasteiger partial charge in [0.1, 0.15) is 6.61 Å². The predicted molar refractivity (Wildman–Crippen MR) is 431 cm³/mol. The fourth-order valence-electron chi connectivity index (χ4n) is 12.2. The topological polar surface area (TPSA) is 134 Å². The number of carbonyl (C=O) groups is 2. The molecular weight excluding hydrogens is 1240 g/mol. The number of unbranched alkanes of at least 4 members (excludes halogenated alkanes) is 46. The molecular formula is C89H158NO8P. The number of rotatable bonds is 79. The predicted octanol–water partition coefficient (Wildman–Crippen LogP) is 28.5. The molecule has 0 radical (unpaired) electrons. The quantitative estimate of drug-likeness (QED) is 0.0264. The van der Waals surface area contributed by atoms with Crippen molar-refractivity contribution >= 4 is 19.8 Å². The number of esters is 2. The lowest BCUT2D eigenvalue weighted by atomic mass is 10.0. The Bertz CT molecular complexity index is 2050. The van der Waals surface area contributed by atoms with E-state index < -0.39 is 26.5 Å². The molecule has 2 unspecified atom stereocenters. The van der Waals surface area contributed by atoms with Gasteiger partial charge in [-0.1, -0.05) is 405 Å². The summed E-state index contributed by atoms with van der Waals surface area (Å²) in [7, 11) is -4.40. The van der Waals surface area contributed by atoms with Crippen LogP contribution in [0.25, 0.3) is 0 Å². The van der Waals surface area contributed by atoms with Gasteiger partial charge in [0, 0.05) is 19.4 Å². The van der Waals surface area contributed by atoms with E-state index in [2.05, 4.69) is 135 Å². The molecule has 0 aromatic carbocycles. The Morgan fingerprint density at radius 3 is 0.778 bits per heavy atom. The van der Waals surface area contributed by atoms with Crippen molar-refractivity contribution < 1.29 is 37.6 Å². The highest BCUT2D eigenvalue weighted by molar-refractivity contribution is 7.47. The molecule has 0 rings (SSSR count). The highest BCUT2D eigenvalue weighted by atomic mass is 31.2. The third kappa shape index (κ3) is 83.2. The smallest absolute Gasteiger partial charge is 0.462 e. The third-order valence-corrected chi connectivity index (χ3v) is 19.3. The molecule has 0 bridgehead atoms. The van der Waals surface area contributed by atoms with Gasteiger partial charge in [0.2, 0.25) is 0 Å². The number of hydrogen-bond acceptors (Lipinski definition) is 8. The Hall–Kier alpha value is -3.59. The van der Waals surface area contributed by atoms with Crippen LogP contribution in [0.15, 0.2) is 122 Å². The second kappa shape index (κ2) is 83.4. The SMILES string of the molecule is CC/C=C\C/C=C\C/C=C\C/C=C\C/C=C\C/C=C\CCCCCCCCCCCCCCCCCCCCC(=O)OC(COC(=O)CCCCCCCCCCCCCCCCCCCCCCCCCCCCCC/C=C\C/C=C\C/C=C\C/C=C\CC)COP(=O)(O)OCCN. The van der Waals surface area contributed by atoms with Crippen molar-refractivity contribution in [2.75, 3.05) is 26.4 Å². The first-order valence-electron chi connectivity index (χ1n) is 42.0. The van der Waals surface area contributed by atoms with Crippen LogP contribution in [0, 0.1) is 0 Å². The van der Waals surface area contributed by atoms with Crippen molar-refractivity contribution in [1.82, 2.24) is 0 Å². The van der Waals surface area contributed by atoms with Gasteiger partial charge < -0.3 is 20.1 Å². The summed E-state index contributed by atoms with van der Waals surface area (Å²) in [5.41, 5.74) is 5.42. The molecule has 3 N–H and O–H groups in total. The Morgan fingerprint density at radius 2 is 0.525 bits per heavy atom. The Kier molecular flexibility index (Phi) is 80.3. The molecule has 0 amide bonds. The Labute approximate surface area is 612 Å². The molecule has 0 aromatic rings. The fraction of sp³-hybridized carbons (Fsp3) is 0.753. The van der Waals surface area contributed by atoms with E-state index in [1.165, 1.54) is 263 Å². The molecule has 99 heavy (non-hydrogen) atoms. The molecule has 2 atom stereocenters. The molecule has 572 valence electrons. The zero-order chi connectivity index (χ0) is 71.5. The minimum absolute atomic E-state index is 0.0527. The second-order valence-electron chi connectivity index (χ2n) is 27.9. The highest BCUT2D eigenvalue weighted by Crippen LogP contribution is 2.43. The monoisotopic (exact) mass is 1400 g/mol.